The van der Waals surface area contributed by atoms with Gasteiger partial charge < -0.3 is 31.3 Å². The molecular weight excluding hydrogens is 511 g/mol. The van der Waals surface area contributed by atoms with Crippen LogP contribution in [0.4, 0.5) is 13.2 Å². The van der Waals surface area contributed by atoms with Gasteiger partial charge in [-0.25, -0.2) is 4.79 Å². The number of piperidine rings is 1. The van der Waals surface area contributed by atoms with Crippen LogP contribution in [0.3, 0.4) is 0 Å². The number of carbonyl (C=O) groups is 1. The number of nitrogens with zero attached hydrogens (tertiary/aromatic N) is 1. The van der Waals surface area contributed by atoms with Gasteiger partial charge >= 0.3 is 12.1 Å². The van der Waals surface area contributed by atoms with Gasteiger partial charge in [-0.3, -0.25) is 0 Å². The van der Waals surface area contributed by atoms with Crippen LogP contribution in [0.1, 0.15) is 42.5 Å². The van der Waals surface area contributed by atoms with E-state index in [1.807, 2.05) is 0 Å². The van der Waals surface area contributed by atoms with Gasteiger partial charge in [-0.15, -0.1) is 0 Å². The molecule has 4 nitrogen and oxygen atoms in total. The second kappa shape index (κ2) is 9.84. The molecule has 4 atom stereocenters. The van der Waals surface area contributed by atoms with E-state index in [1.165, 1.54) is 18.2 Å². The van der Waals surface area contributed by atoms with Crippen LogP contribution in [0.25, 0.3) is 0 Å². The van der Waals surface area contributed by atoms with Crippen molar-refractivity contribution in [3.63, 3.8) is 0 Å². The first-order chi connectivity index (χ1) is 14.9. The van der Waals surface area contributed by atoms with E-state index in [1.54, 1.807) is 25.1 Å². The summed E-state index contributed by atoms with van der Waals surface area (Å²) < 4.78 is 46.6. The predicted molar refractivity (Wildman–Crippen MR) is 120 cm³/mol. The average Bonchev–Trinajstić information content (AvgIpc) is 2.89. The zero-order chi connectivity index (χ0) is 23.3. The van der Waals surface area contributed by atoms with Gasteiger partial charge in [-0.1, -0.05) is 49.4 Å². The highest BCUT2D eigenvalue weighted by Gasteiger charge is 2.49. The SMILES string of the molecule is C.Cc1cccc(C(O)(C(=O)OC2CC3C=C[C@H](C2)[N+]3(C)C)c2cccc(C(F)(F)F)c2)c1.[Br-]. The average molecular weight is 542 g/mol. The summed E-state index contributed by atoms with van der Waals surface area (Å²) in [6.45, 7) is 1.78. The third kappa shape index (κ3) is 4.95. The van der Waals surface area contributed by atoms with Crippen LogP contribution in [-0.4, -0.2) is 47.8 Å². The molecular formula is C26H31BrF3NO3. The fraction of sp³-hybridized carbons (Fsp3) is 0.423. The van der Waals surface area contributed by atoms with E-state index >= 15 is 0 Å². The highest BCUT2D eigenvalue weighted by atomic mass is 79.9. The van der Waals surface area contributed by atoms with E-state index in [9.17, 15) is 23.1 Å². The first-order valence-corrected chi connectivity index (χ1v) is 10.6. The minimum atomic E-state index is -4.61. The molecule has 2 heterocycles. The molecule has 1 fully saturated rings. The molecule has 0 spiro atoms. The van der Waals surface area contributed by atoms with Crippen molar-refractivity contribution in [3.8, 4) is 0 Å². The third-order valence-electron chi connectivity index (χ3n) is 6.89. The predicted octanol–water partition coefficient (Wildman–Crippen LogP) is 1.98. The Labute approximate surface area is 209 Å². The third-order valence-corrected chi connectivity index (χ3v) is 6.89. The van der Waals surface area contributed by atoms with E-state index in [-0.39, 0.29) is 47.6 Å². The number of ether oxygens (including phenoxy) is 1. The molecule has 2 aromatic carbocycles. The molecule has 0 aliphatic carbocycles. The molecule has 186 valence electrons. The van der Waals surface area contributed by atoms with Gasteiger partial charge in [0.1, 0.15) is 18.2 Å². The summed E-state index contributed by atoms with van der Waals surface area (Å²) in [5.41, 5.74) is -2.53. The Balaban J connectivity index is 0.00000204. The van der Waals surface area contributed by atoms with Crippen LogP contribution < -0.4 is 17.0 Å². The lowest BCUT2D eigenvalue weighted by molar-refractivity contribution is -0.926. The Kier molecular flexibility index (Phi) is 8.12. The quantitative estimate of drug-likeness (QED) is 0.366. The van der Waals surface area contributed by atoms with Crippen molar-refractivity contribution >= 4 is 5.97 Å². The first kappa shape index (κ1) is 28.1. The highest BCUT2D eigenvalue weighted by Crippen LogP contribution is 2.39. The van der Waals surface area contributed by atoms with Crippen molar-refractivity contribution in [2.45, 2.75) is 57.2 Å². The lowest BCUT2D eigenvalue weighted by Crippen LogP contribution is -3.00. The number of likely N-dealkylation sites (N-methyl/N-ethyl adjacent to an activating group) is 1. The van der Waals surface area contributed by atoms with Crippen LogP contribution in [-0.2, 0) is 21.3 Å². The monoisotopic (exact) mass is 541 g/mol. The van der Waals surface area contributed by atoms with Gasteiger partial charge in [0.2, 0.25) is 5.60 Å². The number of alkyl halides is 3. The maximum Gasteiger partial charge on any atom is 0.416 e. The number of quaternary nitrogens is 1. The molecule has 0 aromatic heterocycles. The summed E-state index contributed by atoms with van der Waals surface area (Å²) in [6.07, 6.45) is 0.401. The van der Waals surface area contributed by atoms with Gasteiger partial charge in [-0.05, 0) is 36.8 Å². The zero-order valence-electron chi connectivity index (χ0n) is 18.6. The van der Waals surface area contributed by atoms with Crippen molar-refractivity contribution in [1.82, 2.24) is 0 Å². The Morgan fingerprint density at radius 3 is 2.00 bits per heavy atom. The van der Waals surface area contributed by atoms with E-state index in [0.29, 0.717) is 12.8 Å². The standard InChI is InChI=1S/C25H27F3NO3.CH4.BrH/c1-16-6-4-7-17(12-16)24(31,18-8-5-9-19(13-18)25(26,27)28)23(30)32-22-14-20-10-11-21(15-22)29(20,2)3;;/h4-13,20-22,31H,14-15H2,1-3H3;1H4;1H/q+1;;/p-1/t20-,21?,22?,24?;;/m1../s1. The zero-order valence-corrected chi connectivity index (χ0v) is 20.2. The number of halogens is 4. The number of carbonyl (C=O) groups excluding carboxylic acids is 1. The summed E-state index contributed by atoms with van der Waals surface area (Å²) in [5.74, 6) is -0.959. The number of rotatable bonds is 4. The molecule has 2 aliphatic heterocycles. The second-order valence-electron chi connectivity index (χ2n) is 9.31. The molecule has 34 heavy (non-hydrogen) atoms. The molecule has 0 saturated carbocycles. The molecule has 0 radical (unpaired) electrons. The van der Waals surface area contributed by atoms with E-state index in [0.717, 1.165) is 22.2 Å². The molecule has 2 bridgehead atoms. The van der Waals surface area contributed by atoms with Gasteiger partial charge in [0, 0.05) is 18.4 Å². The van der Waals surface area contributed by atoms with Crippen LogP contribution >= 0.6 is 0 Å². The van der Waals surface area contributed by atoms with Crippen molar-refractivity contribution in [3.05, 3.63) is 82.9 Å². The largest absolute Gasteiger partial charge is 1.00 e. The number of hydrogen-bond donors (Lipinski definition) is 1. The number of fused-ring (bicyclic) bond motifs is 2. The van der Waals surface area contributed by atoms with Crippen LogP contribution in [0.2, 0.25) is 0 Å². The number of aryl methyl sites for hydroxylation is 1. The molecule has 1 N–H and O–H groups in total. The number of hydrogen-bond acceptors (Lipinski definition) is 3. The molecule has 0 amide bonds. The Morgan fingerprint density at radius 1 is 0.971 bits per heavy atom. The molecule has 8 heteroatoms. The summed E-state index contributed by atoms with van der Waals surface area (Å²) in [6, 6.07) is 11.2. The second-order valence-corrected chi connectivity index (χ2v) is 9.31. The summed E-state index contributed by atoms with van der Waals surface area (Å²) in [7, 11) is 4.25. The van der Waals surface area contributed by atoms with E-state index in [4.69, 9.17) is 4.74 Å². The van der Waals surface area contributed by atoms with Crippen LogP contribution in [0, 0.1) is 6.92 Å². The number of esters is 1. The van der Waals surface area contributed by atoms with Crippen molar-refractivity contribution in [2.75, 3.05) is 14.1 Å². The fourth-order valence-corrected chi connectivity index (χ4v) is 4.81. The number of aliphatic hydroxyl groups is 1. The molecule has 4 rings (SSSR count). The van der Waals surface area contributed by atoms with Crippen LogP contribution in [0.15, 0.2) is 60.7 Å². The molecule has 2 aliphatic rings. The Hall–Kier alpha value is -2.16. The summed E-state index contributed by atoms with van der Waals surface area (Å²) in [4.78, 5) is 13.4. The topological polar surface area (TPSA) is 46.5 Å². The van der Waals surface area contributed by atoms with Crippen molar-refractivity contribution < 1.29 is 49.3 Å². The number of benzene rings is 2. The van der Waals surface area contributed by atoms with Gasteiger partial charge in [-0.2, -0.15) is 13.2 Å². The highest BCUT2D eigenvalue weighted by molar-refractivity contribution is 5.85. The minimum Gasteiger partial charge on any atom is -1.00 e. The molecule has 2 aromatic rings. The van der Waals surface area contributed by atoms with E-state index < -0.39 is 29.4 Å². The maximum absolute atomic E-state index is 13.4. The summed E-state index contributed by atoms with van der Waals surface area (Å²) >= 11 is 0. The van der Waals surface area contributed by atoms with Crippen molar-refractivity contribution in [2.24, 2.45) is 0 Å². The lowest BCUT2D eigenvalue weighted by atomic mass is 9.84. The van der Waals surface area contributed by atoms with Crippen molar-refractivity contribution in [1.29, 1.82) is 0 Å². The molecule has 1 saturated heterocycles. The summed E-state index contributed by atoms with van der Waals surface area (Å²) in [5, 5.41) is 11.7. The maximum atomic E-state index is 13.4. The van der Waals surface area contributed by atoms with Crippen LogP contribution in [0.5, 0.6) is 0 Å². The Bertz CT molecular complexity index is 1050. The fourth-order valence-electron chi connectivity index (χ4n) is 4.81. The van der Waals surface area contributed by atoms with Gasteiger partial charge in [0.25, 0.3) is 0 Å². The van der Waals surface area contributed by atoms with Gasteiger partial charge in [0.05, 0.1) is 19.7 Å². The van der Waals surface area contributed by atoms with Gasteiger partial charge in [0.15, 0.2) is 0 Å². The smallest absolute Gasteiger partial charge is 0.416 e. The first-order valence-electron chi connectivity index (χ1n) is 10.6. The molecule has 3 unspecified atom stereocenters. The van der Waals surface area contributed by atoms with E-state index in [2.05, 4.69) is 26.2 Å². The lowest BCUT2D eigenvalue weighted by Gasteiger charge is -2.44. The normalized spacial score (nSPS) is 24.4. The Morgan fingerprint density at radius 2 is 1.47 bits per heavy atom. The minimum absolute atomic E-state index is 0.